The smallest absolute Gasteiger partial charge is 0.240 e. The fourth-order valence-corrected chi connectivity index (χ4v) is 6.28. The lowest BCUT2D eigenvalue weighted by atomic mass is 9.96. The summed E-state index contributed by atoms with van der Waals surface area (Å²) in [5.41, 5.74) is 0.709. The second-order valence-electron chi connectivity index (χ2n) is 6.98. The predicted molar refractivity (Wildman–Crippen MR) is 103 cm³/mol. The Balaban J connectivity index is 1.53. The predicted octanol–water partition coefficient (Wildman–Crippen LogP) is 2.50. The van der Waals surface area contributed by atoms with Gasteiger partial charge in [-0.25, -0.2) is 13.1 Å². The number of sulfonamides is 1. The molecule has 1 aromatic carbocycles. The number of likely N-dealkylation sites (tertiary alicyclic amines) is 1. The van der Waals surface area contributed by atoms with Gasteiger partial charge in [-0.05, 0) is 74.7 Å². The largest absolute Gasteiger partial charge is 0.497 e. The first-order valence-corrected chi connectivity index (χ1v) is 11.6. The summed E-state index contributed by atoms with van der Waals surface area (Å²) in [7, 11) is -1.89. The minimum absolute atomic E-state index is 0.341. The zero-order valence-electron chi connectivity index (χ0n) is 15.0. The number of methoxy groups -OCH3 is 1. The molecule has 1 unspecified atom stereocenters. The molecule has 3 rings (SSSR count). The van der Waals surface area contributed by atoms with E-state index in [9.17, 15) is 8.42 Å². The van der Waals surface area contributed by atoms with E-state index in [4.69, 9.17) is 4.74 Å². The number of piperidine rings is 1. The first kappa shape index (κ1) is 19.0. The zero-order chi connectivity index (χ0) is 17.9. The molecule has 0 bridgehead atoms. The van der Waals surface area contributed by atoms with Gasteiger partial charge in [-0.2, -0.15) is 11.8 Å². The highest BCUT2D eigenvalue weighted by Gasteiger charge is 2.28. The van der Waals surface area contributed by atoms with Gasteiger partial charge in [-0.15, -0.1) is 0 Å². The molecule has 0 amide bonds. The van der Waals surface area contributed by atoms with E-state index < -0.39 is 10.0 Å². The van der Waals surface area contributed by atoms with Crippen molar-refractivity contribution in [1.82, 2.24) is 9.62 Å². The summed E-state index contributed by atoms with van der Waals surface area (Å²) in [6, 6.07) is 5.81. The number of hydrogen-bond acceptors (Lipinski definition) is 5. The maximum absolute atomic E-state index is 12.6. The molecule has 0 saturated carbocycles. The normalized spacial score (nSPS) is 23.0. The van der Waals surface area contributed by atoms with Crippen LogP contribution in [-0.4, -0.2) is 57.6 Å². The van der Waals surface area contributed by atoms with Crippen molar-refractivity contribution in [2.24, 2.45) is 5.92 Å². The molecular weight excluding hydrogens is 356 g/mol. The third-order valence-corrected chi connectivity index (χ3v) is 8.03. The van der Waals surface area contributed by atoms with Crippen molar-refractivity contribution in [1.29, 1.82) is 0 Å². The number of thioether (sulfide) groups is 1. The van der Waals surface area contributed by atoms with Crippen molar-refractivity contribution in [3.05, 3.63) is 23.8 Å². The van der Waals surface area contributed by atoms with Gasteiger partial charge in [0.2, 0.25) is 10.0 Å². The topological polar surface area (TPSA) is 58.6 Å². The number of nitrogens with zero attached hydrogens (tertiary/aromatic N) is 1. The second kappa shape index (κ2) is 8.29. The number of rotatable bonds is 6. The van der Waals surface area contributed by atoms with Crippen LogP contribution in [0.1, 0.15) is 24.8 Å². The molecule has 25 heavy (non-hydrogen) atoms. The highest BCUT2D eigenvalue weighted by Crippen LogP contribution is 2.27. The van der Waals surface area contributed by atoms with Crippen LogP contribution < -0.4 is 9.46 Å². The van der Waals surface area contributed by atoms with Crippen LogP contribution in [0, 0.1) is 12.8 Å². The van der Waals surface area contributed by atoms with Gasteiger partial charge >= 0.3 is 0 Å². The van der Waals surface area contributed by atoms with E-state index in [1.165, 1.54) is 17.9 Å². The first-order chi connectivity index (χ1) is 12.0. The molecular formula is C18H28N2O3S2. The molecule has 0 aliphatic carbocycles. The quantitative estimate of drug-likeness (QED) is 0.817. The minimum atomic E-state index is -3.47. The summed E-state index contributed by atoms with van der Waals surface area (Å²) in [5.74, 6) is 3.65. The van der Waals surface area contributed by atoms with Crippen molar-refractivity contribution in [3.8, 4) is 5.75 Å². The van der Waals surface area contributed by atoms with Gasteiger partial charge < -0.3 is 4.74 Å². The van der Waals surface area contributed by atoms with Crippen LogP contribution in [-0.2, 0) is 10.0 Å². The fourth-order valence-electron chi connectivity index (χ4n) is 3.69. The van der Waals surface area contributed by atoms with E-state index in [-0.39, 0.29) is 0 Å². The van der Waals surface area contributed by atoms with E-state index in [0.717, 1.165) is 32.0 Å². The zero-order valence-corrected chi connectivity index (χ0v) is 16.7. The van der Waals surface area contributed by atoms with Crippen LogP contribution >= 0.6 is 11.8 Å². The second-order valence-corrected chi connectivity index (χ2v) is 9.87. The van der Waals surface area contributed by atoms with Gasteiger partial charge in [-0.3, -0.25) is 4.90 Å². The molecule has 0 aromatic heterocycles. The molecule has 140 valence electrons. The lowest BCUT2D eigenvalue weighted by Crippen LogP contribution is -2.43. The highest BCUT2D eigenvalue weighted by atomic mass is 32.2. The van der Waals surface area contributed by atoms with Crippen molar-refractivity contribution < 1.29 is 13.2 Å². The first-order valence-electron chi connectivity index (χ1n) is 8.95. The van der Waals surface area contributed by atoms with E-state index >= 15 is 0 Å². The molecule has 2 aliphatic rings. The van der Waals surface area contributed by atoms with Crippen molar-refractivity contribution in [3.63, 3.8) is 0 Å². The summed E-state index contributed by atoms with van der Waals surface area (Å²) >= 11 is 2.05. The van der Waals surface area contributed by atoms with Gasteiger partial charge in [0.15, 0.2) is 0 Å². The van der Waals surface area contributed by atoms with Crippen LogP contribution in [0.5, 0.6) is 5.75 Å². The third-order valence-electron chi connectivity index (χ3n) is 5.30. The Morgan fingerprint density at radius 2 is 2.04 bits per heavy atom. The number of hydrogen-bond donors (Lipinski definition) is 1. The summed E-state index contributed by atoms with van der Waals surface area (Å²) < 4.78 is 33.2. The van der Waals surface area contributed by atoms with E-state index in [2.05, 4.69) is 9.62 Å². The molecule has 0 radical (unpaired) electrons. The Morgan fingerprint density at radius 1 is 1.28 bits per heavy atom. The highest BCUT2D eigenvalue weighted by molar-refractivity contribution is 7.99. The number of aryl methyl sites for hydroxylation is 1. The van der Waals surface area contributed by atoms with Crippen LogP contribution in [0.3, 0.4) is 0 Å². The van der Waals surface area contributed by atoms with Crippen LogP contribution in [0.15, 0.2) is 23.1 Å². The maximum atomic E-state index is 12.6. The van der Waals surface area contributed by atoms with Crippen molar-refractivity contribution >= 4 is 21.8 Å². The molecule has 1 N–H and O–H groups in total. The van der Waals surface area contributed by atoms with Crippen LogP contribution in [0.2, 0.25) is 0 Å². The van der Waals surface area contributed by atoms with Gasteiger partial charge in [0.25, 0.3) is 0 Å². The Hall–Kier alpha value is -0.760. The summed E-state index contributed by atoms with van der Waals surface area (Å²) in [4.78, 5) is 2.94. The monoisotopic (exact) mass is 384 g/mol. The van der Waals surface area contributed by atoms with Gasteiger partial charge in [0.05, 0.1) is 12.0 Å². The molecule has 5 nitrogen and oxygen atoms in total. The molecule has 7 heteroatoms. The van der Waals surface area contributed by atoms with E-state index in [0.29, 0.717) is 28.7 Å². The van der Waals surface area contributed by atoms with E-state index in [1.807, 2.05) is 11.8 Å². The van der Waals surface area contributed by atoms with Gasteiger partial charge in [0, 0.05) is 18.3 Å². The van der Waals surface area contributed by atoms with E-state index in [1.54, 1.807) is 32.2 Å². The molecule has 2 saturated heterocycles. The number of nitrogens with one attached hydrogen (secondary N) is 1. The minimum Gasteiger partial charge on any atom is -0.497 e. The Morgan fingerprint density at radius 3 is 2.64 bits per heavy atom. The Labute approximate surface area is 155 Å². The number of benzene rings is 1. The fraction of sp³-hybridized carbons (Fsp3) is 0.667. The lowest BCUT2D eigenvalue weighted by Gasteiger charge is -2.35. The van der Waals surface area contributed by atoms with Crippen LogP contribution in [0.25, 0.3) is 0 Å². The average Bonchev–Trinajstić information content (AvgIpc) is 3.15. The molecule has 1 atom stereocenters. The molecule has 2 aliphatic heterocycles. The molecule has 2 heterocycles. The standard InChI is InChI=1S/C18H28N2O3S2/c1-14-11-17(23-2)3-4-18(14)25(21,22)19-12-15-5-8-20(9-6-15)16-7-10-24-13-16/h3-4,11,15-16,19H,5-10,12-13H2,1-2H3. The summed E-state index contributed by atoms with van der Waals surface area (Å²) in [6.07, 6.45) is 3.45. The van der Waals surface area contributed by atoms with Gasteiger partial charge in [0.1, 0.15) is 5.75 Å². The SMILES string of the molecule is COc1ccc(S(=O)(=O)NCC2CCN(C3CCSC3)CC2)c(C)c1. The van der Waals surface area contributed by atoms with Crippen molar-refractivity contribution in [2.45, 2.75) is 37.1 Å². The van der Waals surface area contributed by atoms with Crippen LogP contribution in [0.4, 0.5) is 0 Å². The summed E-state index contributed by atoms with van der Waals surface area (Å²) in [6.45, 7) is 4.52. The lowest BCUT2D eigenvalue weighted by molar-refractivity contribution is 0.145. The summed E-state index contributed by atoms with van der Waals surface area (Å²) in [5, 5.41) is 0. The number of ether oxygens (including phenoxy) is 1. The molecule has 1 aromatic rings. The van der Waals surface area contributed by atoms with Crippen molar-refractivity contribution in [2.75, 3.05) is 38.2 Å². The third kappa shape index (κ3) is 4.70. The Kier molecular flexibility index (Phi) is 6.30. The Bertz CT molecular complexity index is 680. The molecule has 0 spiro atoms. The molecule has 2 fully saturated rings. The maximum Gasteiger partial charge on any atom is 0.240 e. The average molecular weight is 385 g/mol. The van der Waals surface area contributed by atoms with Gasteiger partial charge in [-0.1, -0.05) is 0 Å².